The van der Waals surface area contributed by atoms with Crippen LogP contribution in [0.5, 0.6) is 0 Å². The summed E-state index contributed by atoms with van der Waals surface area (Å²) in [4.78, 5) is 9.42. The first-order chi connectivity index (χ1) is 12.2. The van der Waals surface area contributed by atoms with Gasteiger partial charge in [0.15, 0.2) is 0 Å². The molecule has 3 heterocycles. The molecule has 0 aliphatic heterocycles. The van der Waals surface area contributed by atoms with Gasteiger partial charge in [-0.05, 0) is 29.2 Å². The smallest absolute Gasteiger partial charge is 0.214 e. The van der Waals surface area contributed by atoms with Crippen LogP contribution in [0.4, 0.5) is 5.13 Å². The molecule has 4 rings (SSSR count). The van der Waals surface area contributed by atoms with Crippen LogP contribution in [0.2, 0.25) is 0 Å². The predicted octanol–water partition coefficient (Wildman–Crippen LogP) is 4.59. The summed E-state index contributed by atoms with van der Waals surface area (Å²) in [5.74, 6) is 0.530. The Morgan fingerprint density at radius 1 is 1.08 bits per heavy atom. The predicted molar refractivity (Wildman–Crippen MR) is 102 cm³/mol. The second-order valence-corrected chi connectivity index (χ2v) is 7.19. The van der Waals surface area contributed by atoms with Crippen LogP contribution in [0.3, 0.4) is 0 Å². The minimum absolute atomic E-state index is 0.530. The van der Waals surface area contributed by atoms with E-state index in [-0.39, 0.29) is 0 Å². The SMILES string of the molecule is CC(C)c1ccc(-c2cnc3sc(NCc4ccncc4)nn23)cc1. The monoisotopic (exact) mass is 349 g/mol. The molecule has 126 valence electrons. The first-order valence-electron chi connectivity index (χ1n) is 8.28. The van der Waals surface area contributed by atoms with Crippen molar-refractivity contribution >= 4 is 21.4 Å². The molecular formula is C19H19N5S. The summed E-state index contributed by atoms with van der Waals surface area (Å²) in [6, 6.07) is 12.6. The van der Waals surface area contributed by atoms with Gasteiger partial charge in [0.1, 0.15) is 0 Å². The molecule has 4 aromatic rings. The number of imidazole rings is 1. The maximum atomic E-state index is 4.67. The summed E-state index contributed by atoms with van der Waals surface area (Å²) >= 11 is 1.55. The zero-order chi connectivity index (χ0) is 17.2. The van der Waals surface area contributed by atoms with Crippen molar-refractivity contribution < 1.29 is 0 Å². The number of fused-ring (bicyclic) bond motifs is 1. The van der Waals surface area contributed by atoms with Gasteiger partial charge in [0.2, 0.25) is 10.1 Å². The van der Waals surface area contributed by atoms with Gasteiger partial charge in [-0.25, -0.2) is 9.50 Å². The van der Waals surface area contributed by atoms with Gasteiger partial charge >= 0.3 is 0 Å². The Balaban J connectivity index is 1.58. The molecule has 0 radical (unpaired) electrons. The Morgan fingerprint density at radius 3 is 2.56 bits per heavy atom. The van der Waals surface area contributed by atoms with E-state index in [1.165, 1.54) is 11.1 Å². The lowest BCUT2D eigenvalue weighted by Gasteiger charge is -2.06. The molecule has 6 heteroatoms. The maximum absolute atomic E-state index is 4.67. The van der Waals surface area contributed by atoms with Gasteiger partial charge in [-0.15, -0.1) is 5.10 Å². The van der Waals surface area contributed by atoms with E-state index in [2.05, 4.69) is 58.5 Å². The summed E-state index contributed by atoms with van der Waals surface area (Å²) in [5.41, 5.74) is 4.65. The minimum atomic E-state index is 0.530. The van der Waals surface area contributed by atoms with Crippen LogP contribution in [0.15, 0.2) is 55.0 Å². The Bertz CT molecular complexity index is 970. The van der Waals surface area contributed by atoms with Crippen molar-refractivity contribution in [2.75, 3.05) is 5.32 Å². The molecule has 0 aliphatic rings. The van der Waals surface area contributed by atoms with E-state index < -0.39 is 0 Å². The molecule has 1 N–H and O–H groups in total. The van der Waals surface area contributed by atoms with Gasteiger partial charge in [0, 0.05) is 24.5 Å². The number of pyridine rings is 1. The fourth-order valence-electron chi connectivity index (χ4n) is 2.68. The van der Waals surface area contributed by atoms with Crippen molar-refractivity contribution in [1.29, 1.82) is 0 Å². The third kappa shape index (κ3) is 3.25. The molecule has 0 unspecified atom stereocenters. The van der Waals surface area contributed by atoms with Crippen LogP contribution in [-0.4, -0.2) is 19.6 Å². The summed E-state index contributed by atoms with van der Waals surface area (Å²) < 4.78 is 1.91. The van der Waals surface area contributed by atoms with Crippen molar-refractivity contribution in [2.24, 2.45) is 0 Å². The Labute approximate surface area is 150 Å². The van der Waals surface area contributed by atoms with E-state index >= 15 is 0 Å². The second-order valence-electron chi connectivity index (χ2n) is 6.23. The minimum Gasteiger partial charge on any atom is -0.356 e. The Kier molecular flexibility index (Phi) is 4.19. The second kappa shape index (κ2) is 6.64. The van der Waals surface area contributed by atoms with Gasteiger partial charge in [-0.1, -0.05) is 49.4 Å². The van der Waals surface area contributed by atoms with E-state index in [1.807, 2.05) is 22.8 Å². The zero-order valence-electron chi connectivity index (χ0n) is 14.2. The standard InChI is InChI=1S/C19H19N5S/c1-13(2)15-3-5-16(6-4-15)17-12-22-19-24(17)23-18(25-19)21-11-14-7-9-20-10-8-14/h3-10,12-13H,11H2,1-2H3,(H,21,23). The highest BCUT2D eigenvalue weighted by Crippen LogP contribution is 2.27. The summed E-state index contributed by atoms with van der Waals surface area (Å²) in [7, 11) is 0. The van der Waals surface area contributed by atoms with Crippen LogP contribution < -0.4 is 5.32 Å². The van der Waals surface area contributed by atoms with Crippen LogP contribution in [0.25, 0.3) is 16.2 Å². The fourth-order valence-corrected chi connectivity index (χ4v) is 3.45. The first kappa shape index (κ1) is 15.8. The summed E-state index contributed by atoms with van der Waals surface area (Å²) in [6.45, 7) is 5.12. The normalized spacial score (nSPS) is 11.3. The number of hydrogen-bond acceptors (Lipinski definition) is 5. The summed E-state index contributed by atoms with van der Waals surface area (Å²) in [5, 5.41) is 8.89. The third-order valence-electron chi connectivity index (χ3n) is 4.15. The molecule has 25 heavy (non-hydrogen) atoms. The van der Waals surface area contributed by atoms with Crippen LogP contribution in [-0.2, 0) is 6.54 Å². The van der Waals surface area contributed by atoms with Gasteiger partial charge in [-0.3, -0.25) is 4.98 Å². The Hall–Kier alpha value is -2.73. The van der Waals surface area contributed by atoms with Crippen molar-refractivity contribution in [2.45, 2.75) is 26.3 Å². The van der Waals surface area contributed by atoms with Crippen molar-refractivity contribution in [3.63, 3.8) is 0 Å². The summed E-state index contributed by atoms with van der Waals surface area (Å²) in [6.07, 6.45) is 5.48. The number of aromatic nitrogens is 4. The molecule has 0 saturated carbocycles. The van der Waals surface area contributed by atoms with Gasteiger partial charge in [0.05, 0.1) is 11.9 Å². The molecule has 0 spiro atoms. The lowest BCUT2D eigenvalue weighted by Crippen LogP contribution is -2.00. The topological polar surface area (TPSA) is 55.1 Å². The first-order valence-corrected chi connectivity index (χ1v) is 9.10. The van der Waals surface area contributed by atoms with Gasteiger partial charge < -0.3 is 5.32 Å². The van der Waals surface area contributed by atoms with Crippen LogP contribution in [0.1, 0.15) is 30.9 Å². The van der Waals surface area contributed by atoms with E-state index in [4.69, 9.17) is 0 Å². The van der Waals surface area contributed by atoms with Crippen LogP contribution >= 0.6 is 11.3 Å². The highest BCUT2D eigenvalue weighted by Gasteiger charge is 2.12. The van der Waals surface area contributed by atoms with E-state index in [0.717, 1.165) is 27.9 Å². The number of rotatable bonds is 5. The molecule has 0 amide bonds. The molecule has 0 saturated heterocycles. The van der Waals surface area contributed by atoms with E-state index in [9.17, 15) is 0 Å². The van der Waals surface area contributed by atoms with Crippen molar-refractivity contribution in [3.8, 4) is 11.3 Å². The quantitative estimate of drug-likeness (QED) is 0.572. The van der Waals surface area contributed by atoms with Crippen LogP contribution in [0, 0.1) is 0 Å². The van der Waals surface area contributed by atoms with Gasteiger partial charge in [-0.2, -0.15) is 0 Å². The molecule has 0 fully saturated rings. The number of hydrogen-bond donors (Lipinski definition) is 1. The third-order valence-corrected chi connectivity index (χ3v) is 5.03. The molecule has 0 aliphatic carbocycles. The largest absolute Gasteiger partial charge is 0.356 e. The number of nitrogens with zero attached hydrogens (tertiary/aromatic N) is 4. The lowest BCUT2D eigenvalue weighted by molar-refractivity contribution is 0.866. The van der Waals surface area contributed by atoms with Crippen molar-refractivity contribution in [3.05, 3.63) is 66.1 Å². The molecule has 3 aromatic heterocycles. The van der Waals surface area contributed by atoms with E-state index in [0.29, 0.717) is 5.92 Å². The van der Waals surface area contributed by atoms with Crippen molar-refractivity contribution in [1.82, 2.24) is 19.6 Å². The fraction of sp³-hybridized carbons (Fsp3) is 0.211. The average molecular weight is 349 g/mol. The molecule has 5 nitrogen and oxygen atoms in total. The molecule has 0 bridgehead atoms. The highest BCUT2D eigenvalue weighted by atomic mass is 32.1. The molecule has 0 atom stereocenters. The molecular weight excluding hydrogens is 330 g/mol. The zero-order valence-corrected chi connectivity index (χ0v) is 15.0. The molecule has 1 aromatic carbocycles. The Morgan fingerprint density at radius 2 is 1.84 bits per heavy atom. The maximum Gasteiger partial charge on any atom is 0.214 e. The van der Waals surface area contributed by atoms with E-state index in [1.54, 1.807) is 23.7 Å². The number of benzene rings is 1. The average Bonchev–Trinajstić information content (AvgIpc) is 3.21. The highest BCUT2D eigenvalue weighted by molar-refractivity contribution is 7.20. The van der Waals surface area contributed by atoms with Gasteiger partial charge in [0.25, 0.3) is 0 Å². The lowest BCUT2D eigenvalue weighted by atomic mass is 10.0. The number of anilines is 1. The number of nitrogens with one attached hydrogen (secondary N) is 1.